The Morgan fingerprint density at radius 1 is 1.00 bits per heavy atom. The third-order valence-electron chi connectivity index (χ3n) is 7.53. The topological polar surface area (TPSA) is 82.4 Å². The van der Waals surface area contributed by atoms with Crippen molar-refractivity contribution in [2.75, 3.05) is 13.7 Å². The van der Waals surface area contributed by atoms with Crippen LogP contribution in [0.3, 0.4) is 0 Å². The monoisotopic (exact) mass is 541 g/mol. The van der Waals surface area contributed by atoms with Crippen molar-refractivity contribution in [2.24, 2.45) is 5.92 Å². The summed E-state index contributed by atoms with van der Waals surface area (Å²) in [5.74, 6) is 1.37. The zero-order chi connectivity index (χ0) is 28.1. The van der Waals surface area contributed by atoms with Gasteiger partial charge in [0, 0.05) is 24.8 Å². The van der Waals surface area contributed by atoms with Crippen LogP contribution in [0.1, 0.15) is 64.5 Å². The average molecular weight is 542 g/mol. The molecule has 1 fully saturated rings. The van der Waals surface area contributed by atoms with Gasteiger partial charge in [-0.1, -0.05) is 24.3 Å². The second kappa shape index (κ2) is 12.1. The number of amides is 1. The van der Waals surface area contributed by atoms with Crippen molar-refractivity contribution in [1.82, 2.24) is 24.6 Å². The summed E-state index contributed by atoms with van der Waals surface area (Å²) in [6, 6.07) is 16.1. The Bertz CT molecular complexity index is 1420. The van der Waals surface area contributed by atoms with Crippen LogP contribution in [0.2, 0.25) is 0 Å². The normalized spacial score (nSPS) is 17.5. The second-order valence-electron chi connectivity index (χ2n) is 11.7. The number of nitrogens with zero attached hydrogens (tertiary/aromatic N) is 5. The number of rotatable bonds is 8. The minimum atomic E-state index is -0.533. The van der Waals surface area contributed by atoms with Crippen molar-refractivity contribution in [2.45, 2.75) is 71.1 Å². The van der Waals surface area contributed by atoms with Gasteiger partial charge < -0.3 is 14.4 Å². The average Bonchev–Trinajstić information content (AvgIpc) is 3.45. The van der Waals surface area contributed by atoms with E-state index in [0.717, 1.165) is 65.7 Å². The van der Waals surface area contributed by atoms with Gasteiger partial charge in [-0.15, -0.1) is 0 Å². The SMILES string of the molecule is COc1ccc(CN(CCC2CCC(n3cc(-c4cnc5ccccc5n4)cn3)CC2)C(=O)OC(C)(C)C)cc1. The maximum absolute atomic E-state index is 13.0. The lowest BCUT2D eigenvalue weighted by molar-refractivity contribution is 0.0218. The molecule has 8 nitrogen and oxygen atoms in total. The lowest BCUT2D eigenvalue weighted by Gasteiger charge is -2.32. The fourth-order valence-electron chi connectivity index (χ4n) is 5.32. The molecule has 2 heterocycles. The highest BCUT2D eigenvalue weighted by molar-refractivity contribution is 5.76. The van der Waals surface area contributed by atoms with E-state index in [1.54, 1.807) is 7.11 Å². The maximum Gasteiger partial charge on any atom is 0.410 e. The number of carbonyl (C=O) groups is 1. The molecule has 1 amide bonds. The van der Waals surface area contributed by atoms with Crippen molar-refractivity contribution in [3.05, 3.63) is 72.7 Å². The first-order chi connectivity index (χ1) is 19.3. The van der Waals surface area contributed by atoms with E-state index < -0.39 is 5.60 Å². The summed E-state index contributed by atoms with van der Waals surface area (Å²) >= 11 is 0. The van der Waals surface area contributed by atoms with Gasteiger partial charge in [0.2, 0.25) is 0 Å². The van der Waals surface area contributed by atoms with Crippen LogP contribution in [0.15, 0.2) is 67.1 Å². The maximum atomic E-state index is 13.0. The largest absolute Gasteiger partial charge is 0.497 e. The molecule has 5 rings (SSSR count). The van der Waals surface area contributed by atoms with E-state index in [1.807, 2.05) is 86.6 Å². The Morgan fingerprint density at radius 2 is 1.73 bits per heavy atom. The molecular weight excluding hydrogens is 502 g/mol. The lowest BCUT2D eigenvalue weighted by Crippen LogP contribution is -2.37. The molecule has 0 atom stereocenters. The molecular formula is C32H39N5O3. The summed E-state index contributed by atoms with van der Waals surface area (Å²) in [6.07, 6.45) is 10.9. The van der Waals surface area contributed by atoms with Gasteiger partial charge in [0.25, 0.3) is 0 Å². The summed E-state index contributed by atoms with van der Waals surface area (Å²) in [7, 11) is 1.65. The van der Waals surface area contributed by atoms with Gasteiger partial charge >= 0.3 is 6.09 Å². The molecule has 4 aromatic rings. The molecule has 8 heteroatoms. The number of hydrogen-bond acceptors (Lipinski definition) is 6. The summed E-state index contributed by atoms with van der Waals surface area (Å²) in [6.45, 7) is 6.91. The van der Waals surface area contributed by atoms with E-state index in [-0.39, 0.29) is 6.09 Å². The van der Waals surface area contributed by atoms with Gasteiger partial charge in [0.05, 0.1) is 42.3 Å². The van der Waals surface area contributed by atoms with Crippen LogP contribution >= 0.6 is 0 Å². The Morgan fingerprint density at radius 3 is 2.42 bits per heavy atom. The Labute approximate surface area is 236 Å². The zero-order valence-corrected chi connectivity index (χ0v) is 23.9. The van der Waals surface area contributed by atoms with E-state index >= 15 is 0 Å². The number of hydrogen-bond donors (Lipinski definition) is 0. The van der Waals surface area contributed by atoms with Gasteiger partial charge in [-0.25, -0.2) is 9.78 Å². The molecule has 1 aliphatic carbocycles. The summed E-state index contributed by atoms with van der Waals surface area (Å²) in [5.41, 5.74) is 4.14. The Hall–Kier alpha value is -3.94. The lowest BCUT2D eigenvalue weighted by atomic mass is 9.84. The fraction of sp³-hybridized carbons (Fsp3) is 0.438. The van der Waals surface area contributed by atoms with Crippen LogP contribution in [0.25, 0.3) is 22.3 Å². The smallest absolute Gasteiger partial charge is 0.410 e. The van der Waals surface area contributed by atoms with Crippen molar-refractivity contribution in [3.63, 3.8) is 0 Å². The molecule has 2 aromatic heterocycles. The molecule has 0 radical (unpaired) electrons. The van der Waals surface area contributed by atoms with Crippen LogP contribution in [0, 0.1) is 5.92 Å². The van der Waals surface area contributed by atoms with Crippen molar-refractivity contribution < 1.29 is 14.3 Å². The van der Waals surface area contributed by atoms with Gasteiger partial charge in [-0.05, 0) is 88.6 Å². The first-order valence-corrected chi connectivity index (χ1v) is 14.1. The minimum Gasteiger partial charge on any atom is -0.497 e. The number of methoxy groups -OCH3 is 1. The predicted octanol–water partition coefficient (Wildman–Crippen LogP) is 7.06. The molecule has 1 saturated carbocycles. The number of benzene rings is 2. The summed E-state index contributed by atoms with van der Waals surface area (Å²) < 4.78 is 13.1. The van der Waals surface area contributed by atoms with Crippen LogP contribution in [-0.2, 0) is 11.3 Å². The molecule has 2 aromatic carbocycles. The molecule has 0 bridgehead atoms. The number of ether oxygens (including phenoxy) is 2. The minimum absolute atomic E-state index is 0.266. The van der Waals surface area contributed by atoms with Crippen LogP contribution in [0.5, 0.6) is 5.75 Å². The van der Waals surface area contributed by atoms with E-state index in [1.165, 1.54) is 0 Å². The zero-order valence-electron chi connectivity index (χ0n) is 23.9. The number of para-hydroxylation sites is 2. The van der Waals surface area contributed by atoms with E-state index in [0.29, 0.717) is 25.0 Å². The molecule has 0 unspecified atom stereocenters. The van der Waals surface area contributed by atoms with E-state index in [2.05, 4.69) is 21.0 Å². The molecule has 0 aliphatic heterocycles. The molecule has 0 saturated heterocycles. The summed E-state index contributed by atoms with van der Waals surface area (Å²) in [5, 5.41) is 4.68. The van der Waals surface area contributed by atoms with E-state index in [9.17, 15) is 4.79 Å². The van der Waals surface area contributed by atoms with Crippen LogP contribution in [-0.4, -0.2) is 50.0 Å². The van der Waals surface area contributed by atoms with Crippen LogP contribution < -0.4 is 4.74 Å². The third-order valence-corrected chi connectivity index (χ3v) is 7.53. The van der Waals surface area contributed by atoms with Gasteiger partial charge in [-0.2, -0.15) is 5.10 Å². The fourth-order valence-corrected chi connectivity index (χ4v) is 5.32. The Balaban J connectivity index is 1.17. The summed E-state index contributed by atoms with van der Waals surface area (Å²) in [4.78, 5) is 24.2. The van der Waals surface area contributed by atoms with Gasteiger partial charge in [-0.3, -0.25) is 9.67 Å². The van der Waals surface area contributed by atoms with Crippen LogP contribution in [0.4, 0.5) is 4.79 Å². The van der Waals surface area contributed by atoms with Crippen molar-refractivity contribution in [1.29, 1.82) is 0 Å². The van der Waals surface area contributed by atoms with Crippen molar-refractivity contribution >= 4 is 17.1 Å². The van der Waals surface area contributed by atoms with Gasteiger partial charge in [0.15, 0.2) is 0 Å². The second-order valence-corrected chi connectivity index (χ2v) is 11.7. The third kappa shape index (κ3) is 6.97. The molecule has 0 spiro atoms. The highest BCUT2D eigenvalue weighted by atomic mass is 16.6. The first-order valence-electron chi connectivity index (χ1n) is 14.1. The Kier molecular flexibility index (Phi) is 8.33. The first kappa shape index (κ1) is 27.6. The molecule has 1 aliphatic rings. The van der Waals surface area contributed by atoms with E-state index in [4.69, 9.17) is 14.5 Å². The number of fused-ring (bicyclic) bond motifs is 1. The standard InChI is InChI=1S/C32H39N5O3/c1-32(2,3)40-31(38)36(21-24-11-15-27(39-4)16-12-24)18-17-23-9-13-26(14-10-23)37-22-25(19-34-37)30-20-33-28-7-5-6-8-29(28)35-30/h5-8,11-12,15-16,19-20,22-23,26H,9-10,13-14,17-18,21H2,1-4H3. The van der Waals surface area contributed by atoms with Crippen molar-refractivity contribution in [3.8, 4) is 17.0 Å². The predicted molar refractivity (Wildman–Crippen MR) is 156 cm³/mol. The molecule has 0 N–H and O–H groups in total. The quantitative estimate of drug-likeness (QED) is 0.237. The molecule has 40 heavy (non-hydrogen) atoms. The molecule has 210 valence electrons. The van der Waals surface area contributed by atoms with Gasteiger partial charge in [0.1, 0.15) is 11.4 Å². The highest BCUT2D eigenvalue weighted by Gasteiger charge is 2.26. The number of aromatic nitrogens is 4. The number of carbonyl (C=O) groups excluding carboxylic acids is 1. The highest BCUT2D eigenvalue weighted by Crippen LogP contribution is 2.34.